The average molecular weight is 348 g/mol. The number of fused-ring (bicyclic) bond motifs is 3. The summed E-state index contributed by atoms with van der Waals surface area (Å²) < 4.78 is 2.58. The lowest BCUT2D eigenvalue weighted by Gasteiger charge is -2.14. The lowest BCUT2D eigenvalue weighted by atomic mass is 10.1. The largest absolute Gasteiger partial charge is 0.344 e. The molecular weight excluding hydrogens is 318 g/mol. The van der Waals surface area contributed by atoms with E-state index in [2.05, 4.69) is 71.9 Å². The zero-order valence-corrected chi connectivity index (χ0v) is 16.3. The topological polar surface area (TPSA) is 21.1 Å². The summed E-state index contributed by atoms with van der Waals surface area (Å²) in [5.74, 6) is 0. The lowest BCUT2D eigenvalue weighted by Crippen LogP contribution is -2.21. The molecule has 1 aliphatic heterocycles. The normalized spacial score (nSPS) is 15.2. The van der Waals surface area contributed by atoms with Crippen molar-refractivity contribution in [2.45, 2.75) is 46.1 Å². The molecule has 0 unspecified atom stereocenters. The molecule has 0 spiro atoms. The number of pyridine rings is 1. The highest BCUT2D eigenvalue weighted by molar-refractivity contribution is 5.86. The Bertz CT molecular complexity index is 905. The second-order valence-electron chi connectivity index (χ2n) is 7.66. The number of benzene rings is 1. The SMILES string of the molecule is CCc1ccc(CCn2c3c(c4cc(C)ccc42)CCN(C)CC3)cn1. The summed E-state index contributed by atoms with van der Waals surface area (Å²) in [5, 5.41) is 1.47. The summed E-state index contributed by atoms with van der Waals surface area (Å²) in [6.45, 7) is 7.69. The highest BCUT2D eigenvalue weighted by Crippen LogP contribution is 2.30. The van der Waals surface area contributed by atoms with Crippen molar-refractivity contribution in [1.82, 2.24) is 14.5 Å². The predicted octanol–water partition coefficient (Wildman–Crippen LogP) is 4.18. The van der Waals surface area contributed by atoms with Crippen molar-refractivity contribution < 1.29 is 0 Å². The molecule has 3 heterocycles. The zero-order valence-electron chi connectivity index (χ0n) is 16.3. The first-order valence-corrected chi connectivity index (χ1v) is 9.88. The smallest absolute Gasteiger partial charge is 0.0485 e. The van der Waals surface area contributed by atoms with E-state index in [0.717, 1.165) is 45.3 Å². The van der Waals surface area contributed by atoms with E-state index in [-0.39, 0.29) is 0 Å². The quantitative estimate of drug-likeness (QED) is 0.706. The van der Waals surface area contributed by atoms with Gasteiger partial charge < -0.3 is 9.47 Å². The Morgan fingerprint density at radius 1 is 1.08 bits per heavy atom. The van der Waals surface area contributed by atoms with Crippen LogP contribution in [0.2, 0.25) is 0 Å². The van der Waals surface area contributed by atoms with E-state index in [0.29, 0.717) is 0 Å². The van der Waals surface area contributed by atoms with Crippen molar-refractivity contribution in [1.29, 1.82) is 0 Å². The fourth-order valence-electron chi connectivity index (χ4n) is 4.18. The van der Waals surface area contributed by atoms with E-state index < -0.39 is 0 Å². The van der Waals surface area contributed by atoms with Gasteiger partial charge in [0, 0.05) is 54.5 Å². The third-order valence-electron chi connectivity index (χ3n) is 5.79. The van der Waals surface area contributed by atoms with Crippen molar-refractivity contribution in [3.63, 3.8) is 0 Å². The van der Waals surface area contributed by atoms with E-state index in [4.69, 9.17) is 0 Å². The number of aromatic nitrogens is 2. The molecule has 26 heavy (non-hydrogen) atoms. The molecule has 3 heteroatoms. The fourth-order valence-corrected chi connectivity index (χ4v) is 4.18. The summed E-state index contributed by atoms with van der Waals surface area (Å²) in [6, 6.07) is 11.4. The van der Waals surface area contributed by atoms with Crippen LogP contribution in [-0.4, -0.2) is 34.6 Å². The highest BCUT2D eigenvalue weighted by atomic mass is 15.1. The maximum atomic E-state index is 4.57. The second kappa shape index (κ2) is 7.24. The van der Waals surface area contributed by atoms with E-state index in [9.17, 15) is 0 Å². The maximum absolute atomic E-state index is 4.57. The van der Waals surface area contributed by atoms with E-state index in [1.165, 1.54) is 27.7 Å². The molecule has 3 nitrogen and oxygen atoms in total. The van der Waals surface area contributed by atoms with Crippen molar-refractivity contribution in [2.75, 3.05) is 20.1 Å². The second-order valence-corrected chi connectivity index (χ2v) is 7.66. The average Bonchev–Trinajstić information content (AvgIpc) is 2.80. The van der Waals surface area contributed by atoms with E-state index in [1.54, 1.807) is 11.3 Å². The molecule has 0 amide bonds. The van der Waals surface area contributed by atoms with Gasteiger partial charge in [0.2, 0.25) is 0 Å². The van der Waals surface area contributed by atoms with Gasteiger partial charge in [-0.2, -0.15) is 0 Å². The molecule has 1 aliphatic rings. The molecule has 0 saturated carbocycles. The maximum Gasteiger partial charge on any atom is 0.0485 e. The van der Waals surface area contributed by atoms with Gasteiger partial charge in [-0.1, -0.05) is 24.6 Å². The van der Waals surface area contributed by atoms with Crippen molar-refractivity contribution in [3.05, 3.63) is 64.6 Å². The Kier molecular flexibility index (Phi) is 4.82. The van der Waals surface area contributed by atoms with Gasteiger partial charge in [-0.05, 0) is 62.6 Å². The van der Waals surface area contributed by atoms with Gasteiger partial charge in [-0.15, -0.1) is 0 Å². The third kappa shape index (κ3) is 3.28. The number of hydrogen-bond acceptors (Lipinski definition) is 2. The van der Waals surface area contributed by atoms with Crippen LogP contribution in [-0.2, 0) is 32.2 Å². The van der Waals surface area contributed by atoms with Crippen LogP contribution in [0.3, 0.4) is 0 Å². The molecule has 4 rings (SSSR count). The Morgan fingerprint density at radius 2 is 1.92 bits per heavy atom. The highest BCUT2D eigenvalue weighted by Gasteiger charge is 2.20. The molecule has 3 aromatic rings. The molecule has 2 aromatic heterocycles. The summed E-state index contributed by atoms with van der Waals surface area (Å²) in [5.41, 5.74) is 8.39. The van der Waals surface area contributed by atoms with Crippen molar-refractivity contribution >= 4 is 10.9 Å². The van der Waals surface area contributed by atoms with Gasteiger partial charge in [0.15, 0.2) is 0 Å². The minimum atomic E-state index is 1.00. The van der Waals surface area contributed by atoms with Gasteiger partial charge in [-0.25, -0.2) is 0 Å². The molecule has 0 bridgehead atoms. The molecule has 0 atom stereocenters. The van der Waals surface area contributed by atoms with Crippen LogP contribution in [0.25, 0.3) is 10.9 Å². The van der Waals surface area contributed by atoms with E-state index >= 15 is 0 Å². The molecule has 0 aliphatic carbocycles. The minimum Gasteiger partial charge on any atom is -0.344 e. The molecule has 0 saturated heterocycles. The van der Waals surface area contributed by atoms with Gasteiger partial charge >= 0.3 is 0 Å². The Labute approximate surface area is 156 Å². The standard InChI is InChI=1S/C23H29N3/c1-4-19-7-6-18(16-24-19)9-14-26-22-8-5-17(2)15-21(22)20-10-12-25(3)13-11-23(20)26/h5-8,15-16H,4,9-14H2,1-3H3. The van der Waals surface area contributed by atoms with Gasteiger partial charge in [0.1, 0.15) is 0 Å². The molecular formula is C23H29N3. The van der Waals surface area contributed by atoms with Crippen LogP contribution in [0.1, 0.15) is 35.0 Å². The number of likely N-dealkylation sites (N-methyl/N-ethyl adjacent to an activating group) is 1. The first kappa shape index (κ1) is 17.3. The van der Waals surface area contributed by atoms with Crippen LogP contribution < -0.4 is 0 Å². The number of rotatable bonds is 4. The summed E-state index contributed by atoms with van der Waals surface area (Å²) in [4.78, 5) is 7.03. The monoisotopic (exact) mass is 347 g/mol. The van der Waals surface area contributed by atoms with Gasteiger partial charge in [-0.3, -0.25) is 4.98 Å². The van der Waals surface area contributed by atoms with Crippen LogP contribution in [0.4, 0.5) is 0 Å². The molecule has 136 valence electrons. The van der Waals surface area contributed by atoms with Crippen molar-refractivity contribution in [2.24, 2.45) is 0 Å². The minimum absolute atomic E-state index is 1.00. The van der Waals surface area contributed by atoms with Crippen LogP contribution in [0.15, 0.2) is 36.5 Å². The van der Waals surface area contributed by atoms with Crippen LogP contribution in [0, 0.1) is 6.92 Å². The number of nitrogens with zero attached hydrogens (tertiary/aromatic N) is 3. The van der Waals surface area contributed by atoms with E-state index in [1.807, 2.05) is 0 Å². The molecule has 0 radical (unpaired) electrons. The van der Waals surface area contributed by atoms with Crippen LogP contribution >= 0.6 is 0 Å². The summed E-state index contributed by atoms with van der Waals surface area (Å²) in [6.07, 6.45) is 6.40. The Morgan fingerprint density at radius 3 is 2.69 bits per heavy atom. The lowest BCUT2D eigenvalue weighted by molar-refractivity contribution is 0.351. The first-order valence-electron chi connectivity index (χ1n) is 9.88. The number of hydrogen-bond donors (Lipinski definition) is 0. The fraction of sp³-hybridized carbons (Fsp3) is 0.435. The van der Waals surface area contributed by atoms with Gasteiger partial charge in [0.05, 0.1) is 0 Å². The first-order chi connectivity index (χ1) is 12.7. The molecule has 0 fully saturated rings. The number of aryl methyl sites for hydroxylation is 4. The Balaban J connectivity index is 1.69. The third-order valence-corrected chi connectivity index (χ3v) is 5.79. The van der Waals surface area contributed by atoms with Gasteiger partial charge in [0.25, 0.3) is 0 Å². The molecule has 1 aromatic carbocycles. The Hall–Kier alpha value is -2.13. The zero-order chi connectivity index (χ0) is 18.1. The summed E-state index contributed by atoms with van der Waals surface area (Å²) >= 11 is 0. The summed E-state index contributed by atoms with van der Waals surface area (Å²) in [7, 11) is 2.24. The van der Waals surface area contributed by atoms with Crippen molar-refractivity contribution in [3.8, 4) is 0 Å². The van der Waals surface area contributed by atoms with Crippen LogP contribution in [0.5, 0.6) is 0 Å². The predicted molar refractivity (Wildman–Crippen MR) is 109 cm³/mol. The molecule has 0 N–H and O–H groups in total.